The molecule has 0 aliphatic heterocycles. The molecule has 0 N–H and O–H groups in total. The molecule has 0 aliphatic carbocycles. The molecule has 9 rings (SSSR count). The molecule has 0 aliphatic rings. The van der Waals surface area contributed by atoms with Gasteiger partial charge in [-0.3, -0.25) is 0 Å². The van der Waals surface area contributed by atoms with Gasteiger partial charge in [0.1, 0.15) is 5.58 Å². The van der Waals surface area contributed by atoms with E-state index in [1.54, 1.807) is 12.3 Å². The summed E-state index contributed by atoms with van der Waals surface area (Å²) in [6.07, 6.45) is 3.80. The molecule has 0 saturated carbocycles. The summed E-state index contributed by atoms with van der Waals surface area (Å²) in [6, 6.07) is 42.5. The average Bonchev–Trinajstić information content (AvgIpc) is 3.79. The molecule has 0 unspecified atom stereocenters. The maximum Gasteiger partial charge on any atom is 0.177 e. The van der Waals surface area contributed by atoms with E-state index < -0.39 is 28.9 Å². The number of pyridine rings is 2. The van der Waals surface area contributed by atoms with Crippen molar-refractivity contribution in [3.8, 4) is 33.6 Å². The van der Waals surface area contributed by atoms with Crippen molar-refractivity contribution in [2.45, 2.75) is 65.9 Å². The largest absolute Gasteiger partial charge is 0.497 e. The molecule has 0 saturated heterocycles. The number of nitrogens with zero attached hydrogens (tertiary/aromatic N) is 2. The van der Waals surface area contributed by atoms with Crippen molar-refractivity contribution >= 4 is 70.4 Å². The summed E-state index contributed by atoms with van der Waals surface area (Å²) in [6.45, 7) is 15.4. The van der Waals surface area contributed by atoms with Gasteiger partial charge in [0.05, 0.1) is 21.7 Å². The molecular formula is C50H48IrN2O2Si2-2. The molecule has 7 heteroatoms. The third-order valence-corrected chi connectivity index (χ3v) is 14.4. The van der Waals surface area contributed by atoms with Gasteiger partial charge >= 0.3 is 0 Å². The molecule has 289 valence electrons. The van der Waals surface area contributed by atoms with Crippen LogP contribution in [-0.2, 0) is 20.1 Å². The quantitative estimate of drug-likeness (QED) is 0.123. The molecule has 0 bridgehead atoms. The maximum absolute atomic E-state index is 8.61. The minimum atomic E-state index is -2.32. The fraction of sp³-hybridized carbons (Fsp3) is 0.200. The molecule has 0 amide bonds. The van der Waals surface area contributed by atoms with Crippen LogP contribution in [0.4, 0.5) is 0 Å². The van der Waals surface area contributed by atoms with Crippen LogP contribution in [0.2, 0.25) is 39.3 Å². The van der Waals surface area contributed by atoms with Crippen LogP contribution in [0.1, 0.15) is 36.4 Å². The first-order valence-electron chi connectivity index (χ1n) is 21.1. The van der Waals surface area contributed by atoms with E-state index in [0.717, 1.165) is 44.4 Å². The Bertz CT molecular complexity index is 3050. The van der Waals surface area contributed by atoms with Gasteiger partial charge in [-0.25, -0.2) is 0 Å². The molecule has 4 nitrogen and oxygen atoms in total. The monoisotopic (exact) mass is 961 g/mol. The Balaban J connectivity index is 0.000000188. The Morgan fingerprint density at radius 2 is 1.42 bits per heavy atom. The standard InChI is InChI=1S/C27H22NO2Si.C23H26NSi.Ir/c1-16-9-10-20(22-15-17(13-14-28-22)31(2,3)4)25-24(16)21-12-11-19-18-7-5-6-8-23(18)29-26(19)27(21)30-25;1-17(2)21-15-22(24-16-23(21)25(3,4)5)20-13-9-12-19(14-20)18-10-7-6-8-11-18;/h5-9,11-15H,1-4H3;6-12,14-17H,1-5H3;/q2*-1;/i1D3;17D;. The van der Waals surface area contributed by atoms with Crippen LogP contribution in [0, 0.1) is 19.0 Å². The minimum Gasteiger partial charge on any atom is -0.497 e. The summed E-state index contributed by atoms with van der Waals surface area (Å²) in [5.41, 5.74) is 9.25. The van der Waals surface area contributed by atoms with E-state index in [0.29, 0.717) is 33.1 Å². The van der Waals surface area contributed by atoms with Crippen LogP contribution in [0.3, 0.4) is 0 Å². The molecule has 57 heavy (non-hydrogen) atoms. The van der Waals surface area contributed by atoms with E-state index in [1.807, 2.05) is 80.7 Å². The summed E-state index contributed by atoms with van der Waals surface area (Å²) in [5, 5.41) is 5.72. The number of hydrogen-bond acceptors (Lipinski definition) is 4. The fourth-order valence-corrected chi connectivity index (χ4v) is 10.1. The molecule has 4 aromatic heterocycles. The predicted molar refractivity (Wildman–Crippen MR) is 242 cm³/mol. The van der Waals surface area contributed by atoms with Crippen LogP contribution in [0.5, 0.6) is 0 Å². The Kier molecular flexibility index (Phi) is 9.77. The molecule has 0 fully saturated rings. The number of fused-ring (bicyclic) bond motifs is 7. The Morgan fingerprint density at radius 1 is 0.684 bits per heavy atom. The van der Waals surface area contributed by atoms with Crippen molar-refractivity contribution in [2.75, 3.05) is 0 Å². The second-order valence-electron chi connectivity index (χ2n) is 16.7. The van der Waals surface area contributed by atoms with Gasteiger partial charge in [0.15, 0.2) is 11.2 Å². The van der Waals surface area contributed by atoms with Gasteiger partial charge in [-0.1, -0.05) is 148 Å². The summed E-state index contributed by atoms with van der Waals surface area (Å²) in [7, 11) is -3.15. The average molecular weight is 961 g/mol. The zero-order valence-electron chi connectivity index (χ0n) is 37.6. The van der Waals surface area contributed by atoms with Crippen molar-refractivity contribution in [2.24, 2.45) is 0 Å². The van der Waals surface area contributed by atoms with Crippen LogP contribution in [-0.4, -0.2) is 26.1 Å². The predicted octanol–water partition coefficient (Wildman–Crippen LogP) is 13.1. The van der Waals surface area contributed by atoms with Crippen molar-refractivity contribution in [3.05, 3.63) is 145 Å². The molecule has 0 spiro atoms. The Hall–Kier alpha value is -4.92. The van der Waals surface area contributed by atoms with E-state index in [9.17, 15) is 0 Å². The Labute approximate surface area is 357 Å². The molecule has 5 aromatic carbocycles. The van der Waals surface area contributed by atoms with E-state index in [-0.39, 0.29) is 25.7 Å². The van der Waals surface area contributed by atoms with Crippen LogP contribution < -0.4 is 10.4 Å². The molecular weight excluding hydrogens is 909 g/mol. The molecule has 4 heterocycles. The minimum absolute atomic E-state index is 0. The topological polar surface area (TPSA) is 52.1 Å². The second kappa shape index (κ2) is 15.8. The maximum atomic E-state index is 8.61. The number of furan rings is 2. The van der Waals surface area contributed by atoms with Gasteiger partial charge in [0, 0.05) is 54.1 Å². The molecule has 0 atom stereocenters. The van der Waals surface area contributed by atoms with Crippen LogP contribution >= 0.6 is 0 Å². The summed E-state index contributed by atoms with van der Waals surface area (Å²) in [5.74, 6) is -0.648. The SMILES string of the molecule is [2H]C(C)(C)c1cc(-c2[c-]ccc(-c3ccccc3)c2)ncc1[Si](C)(C)C.[2H]C([2H])([2H])c1c[c-]c(-c2cc([Si](C)(C)C)ccn2)c2oc3c(ccc4c5ccccc5oc43)c12.[Ir]. The van der Waals surface area contributed by atoms with Crippen LogP contribution in [0.15, 0.2) is 130 Å². The number of hydrogen-bond donors (Lipinski definition) is 0. The van der Waals surface area contributed by atoms with Crippen LogP contribution in [0.25, 0.3) is 77.5 Å². The second-order valence-corrected chi connectivity index (χ2v) is 26.8. The van der Waals surface area contributed by atoms with Crippen molar-refractivity contribution in [3.63, 3.8) is 0 Å². The van der Waals surface area contributed by atoms with Gasteiger partial charge in [0.25, 0.3) is 0 Å². The smallest absolute Gasteiger partial charge is 0.177 e. The summed E-state index contributed by atoms with van der Waals surface area (Å²) >= 11 is 0. The van der Waals surface area contributed by atoms with Gasteiger partial charge in [-0.15, -0.1) is 53.1 Å². The molecule has 9 aromatic rings. The first-order valence-corrected chi connectivity index (χ1v) is 26.1. The van der Waals surface area contributed by atoms with Gasteiger partial charge in [0.2, 0.25) is 0 Å². The zero-order chi connectivity index (χ0) is 42.8. The number of benzene rings is 5. The van der Waals surface area contributed by atoms with Gasteiger partial charge < -0.3 is 18.8 Å². The third-order valence-electron chi connectivity index (χ3n) is 10.4. The van der Waals surface area contributed by atoms with Crippen molar-refractivity contribution in [1.29, 1.82) is 0 Å². The van der Waals surface area contributed by atoms with E-state index in [2.05, 4.69) is 98.9 Å². The fourth-order valence-electron chi connectivity index (χ4n) is 7.33. The first kappa shape index (κ1) is 35.3. The van der Waals surface area contributed by atoms with Crippen molar-refractivity contribution < 1.29 is 34.4 Å². The van der Waals surface area contributed by atoms with Gasteiger partial charge in [-0.2, -0.15) is 0 Å². The number of aryl methyl sites for hydroxylation is 1. The molecule has 1 radical (unpaired) electrons. The zero-order valence-corrected chi connectivity index (χ0v) is 38.0. The van der Waals surface area contributed by atoms with Crippen molar-refractivity contribution in [1.82, 2.24) is 9.97 Å². The Morgan fingerprint density at radius 3 is 2.16 bits per heavy atom. The number of aromatic nitrogens is 2. The number of para-hydroxylation sites is 1. The first-order chi connectivity index (χ1) is 28.3. The summed E-state index contributed by atoms with van der Waals surface area (Å²) < 4.78 is 45.7. The van der Waals surface area contributed by atoms with E-state index in [4.69, 9.17) is 19.3 Å². The van der Waals surface area contributed by atoms with E-state index >= 15 is 0 Å². The normalized spacial score (nSPS) is 13.4. The number of rotatable bonds is 6. The van der Waals surface area contributed by atoms with Gasteiger partial charge in [-0.05, 0) is 46.2 Å². The third kappa shape index (κ3) is 7.87. The van der Waals surface area contributed by atoms with E-state index in [1.165, 1.54) is 15.9 Å². The summed E-state index contributed by atoms with van der Waals surface area (Å²) in [4.78, 5) is 9.34.